The van der Waals surface area contributed by atoms with Crippen molar-refractivity contribution in [1.82, 2.24) is 15.5 Å². The first-order valence-corrected chi connectivity index (χ1v) is 10.5. The number of benzene rings is 1. The maximum absolute atomic E-state index is 13.1. The number of carboxylic acid groups (broad SMARTS) is 1. The smallest absolute Gasteiger partial charge is 0.328 e. The number of phenols is 1. The monoisotopic (exact) mass is 466 g/mol. The van der Waals surface area contributed by atoms with E-state index in [1.807, 2.05) is 0 Å². The molecule has 1 aliphatic rings. The van der Waals surface area contributed by atoms with Crippen LogP contribution in [0.3, 0.4) is 0 Å². The van der Waals surface area contributed by atoms with Gasteiger partial charge in [-0.25, -0.2) is 4.79 Å². The lowest BCUT2D eigenvalue weighted by Gasteiger charge is -2.31. The average molecular weight is 466 g/mol. The maximum atomic E-state index is 13.1. The summed E-state index contributed by atoms with van der Waals surface area (Å²) in [6.45, 7) is 0.672. The van der Waals surface area contributed by atoms with E-state index in [-0.39, 0.29) is 25.1 Å². The molecule has 5 atom stereocenters. The highest BCUT2D eigenvalue weighted by Gasteiger charge is 2.40. The zero-order valence-electron chi connectivity index (χ0n) is 18.2. The number of phenolic OH excluding ortho intramolecular Hbond substituents is 1. The van der Waals surface area contributed by atoms with Crippen LogP contribution in [0.1, 0.15) is 25.3 Å². The first kappa shape index (κ1) is 26.0. The predicted octanol–water partition coefficient (Wildman–Crippen LogP) is -2.32. The maximum Gasteiger partial charge on any atom is 0.328 e. The lowest BCUT2D eigenvalue weighted by molar-refractivity contribution is -0.146. The van der Waals surface area contributed by atoms with Gasteiger partial charge >= 0.3 is 5.97 Å². The molecule has 5 unspecified atom stereocenters. The number of hydrogen-bond acceptors (Lipinski definition) is 8. The average Bonchev–Trinajstić information content (AvgIpc) is 3.26. The van der Waals surface area contributed by atoms with E-state index in [0.717, 1.165) is 0 Å². The Morgan fingerprint density at radius 3 is 2.36 bits per heavy atom. The molecule has 1 aromatic rings. The van der Waals surface area contributed by atoms with Gasteiger partial charge in [0, 0.05) is 6.54 Å². The van der Waals surface area contributed by atoms with Crippen LogP contribution >= 0.6 is 0 Å². The fourth-order valence-electron chi connectivity index (χ4n) is 3.56. The standard InChI is InChI=1S/C21H30N4O8/c1-11(27)17(24-18(29)14(22)9-12-4-6-13(28)7-5-12)20(31)25-8-2-3-16(25)19(30)23-15(10-26)21(32)33/h4-7,11,14-17,26-28H,2-3,8-10,22H2,1H3,(H,23,30)(H,24,29)(H,32,33). The number of aliphatic carboxylic acids is 1. The number of carbonyl (C=O) groups excluding carboxylic acids is 3. The topological polar surface area (TPSA) is 203 Å². The van der Waals surface area contributed by atoms with E-state index >= 15 is 0 Å². The van der Waals surface area contributed by atoms with E-state index in [1.54, 1.807) is 12.1 Å². The number of rotatable bonds is 10. The van der Waals surface area contributed by atoms with Crippen molar-refractivity contribution < 1.29 is 39.6 Å². The molecule has 12 nitrogen and oxygen atoms in total. The van der Waals surface area contributed by atoms with Gasteiger partial charge in [0.2, 0.25) is 17.7 Å². The molecule has 2 rings (SSSR count). The largest absolute Gasteiger partial charge is 0.508 e. The third-order valence-corrected chi connectivity index (χ3v) is 5.41. The summed E-state index contributed by atoms with van der Waals surface area (Å²) in [5, 5.41) is 42.2. The molecule has 1 saturated heterocycles. The molecule has 1 fully saturated rings. The molecule has 8 N–H and O–H groups in total. The first-order chi connectivity index (χ1) is 15.5. The van der Waals surface area contributed by atoms with Gasteiger partial charge < -0.3 is 41.7 Å². The molecule has 0 aliphatic carbocycles. The molecular formula is C21H30N4O8. The quantitative estimate of drug-likeness (QED) is 0.197. The summed E-state index contributed by atoms with van der Waals surface area (Å²) in [5.41, 5.74) is 6.62. The Labute approximate surface area is 190 Å². The highest BCUT2D eigenvalue weighted by Crippen LogP contribution is 2.20. The molecule has 1 aromatic carbocycles. The number of aromatic hydroxyl groups is 1. The van der Waals surface area contributed by atoms with Crippen molar-refractivity contribution in [2.24, 2.45) is 5.73 Å². The molecule has 1 aliphatic heterocycles. The summed E-state index contributed by atoms with van der Waals surface area (Å²) in [5.74, 6) is -3.49. The predicted molar refractivity (Wildman–Crippen MR) is 115 cm³/mol. The summed E-state index contributed by atoms with van der Waals surface area (Å²) < 4.78 is 0. The van der Waals surface area contributed by atoms with E-state index in [9.17, 15) is 29.4 Å². The second-order valence-corrected chi connectivity index (χ2v) is 7.98. The zero-order valence-corrected chi connectivity index (χ0v) is 18.2. The van der Waals surface area contributed by atoms with Crippen molar-refractivity contribution in [2.45, 2.75) is 56.5 Å². The normalized spacial score (nSPS) is 19.3. The SMILES string of the molecule is CC(O)C(NC(=O)C(N)Cc1ccc(O)cc1)C(=O)N1CCCC1C(=O)NC(CO)C(=O)O. The number of nitrogens with two attached hydrogens (primary N) is 1. The molecule has 1 heterocycles. The van der Waals surface area contributed by atoms with Crippen molar-refractivity contribution in [2.75, 3.05) is 13.2 Å². The molecule has 0 aromatic heterocycles. The second-order valence-electron chi connectivity index (χ2n) is 7.98. The van der Waals surface area contributed by atoms with Crippen LogP contribution in [-0.2, 0) is 25.6 Å². The Kier molecular flexibility index (Phi) is 9.14. The summed E-state index contributed by atoms with van der Waals surface area (Å²) in [6.07, 6.45) is -0.451. The second kappa shape index (κ2) is 11.6. The molecule has 0 radical (unpaired) electrons. The Bertz CT molecular complexity index is 860. The number of nitrogens with zero attached hydrogens (tertiary/aromatic N) is 1. The van der Waals surface area contributed by atoms with Crippen LogP contribution in [0.25, 0.3) is 0 Å². The summed E-state index contributed by atoms with van der Waals surface area (Å²) in [4.78, 5) is 50.4. The highest BCUT2D eigenvalue weighted by atomic mass is 16.4. The molecule has 0 saturated carbocycles. The van der Waals surface area contributed by atoms with Crippen molar-refractivity contribution in [3.05, 3.63) is 29.8 Å². The highest BCUT2D eigenvalue weighted by molar-refractivity contribution is 5.94. The number of carboxylic acids is 1. The number of amides is 3. The lowest BCUT2D eigenvalue weighted by atomic mass is 10.0. The van der Waals surface area contributed by atoms with Crippen LogP contribution in [0.2, 0.25) is 0 Å². The van der Waals surface area contributed by atoms with Crippen LogP contribution in [0.15, 0.2) is 24.3 Å². The van der Waals surface area contributed by atoms with Gasteiger partial charge in [-0.15, -0.1) is 0 Å². The number of nitrogens with one attached hydrogen (secondary N) is 2. The molecule has 182 valence electrons. The van der Waals surface area contributed by atoms with Crippen molar-refractivity contribution in [1.29, 1.82) is 0 Å². The first-order valence-electron chi connectivity index (χ1n) is 10.5. The van der Waals surface area contributed by atoms with Crippen LogP contribution in [0.5, 0.6) is 5.75 Å². The van der Waals surface area contributed by atoms with Gasteiger partial charge in [0.15, 0.2) is 0 Å². The van der Waals surface area contributed by atoms with Crippen LogP contribution in [-0.4, -0.2) is 92.4 Å². The van der Waals surface area contributed by atoms with Gasteiger partial charge in [-0.3, -0.25) is 14.4 Å². The minimum Gasteiger partial charge on any atom is -0.508 e. The molecule has 0 spiro atoms. The molecule has 0 bridgehead atoms. The number of hydrogen-bond donors (Lipinski definition) is 7. The van der Waals surface area contributed by atoms with Crippen LogP contribution < -0.4 is 16.4 Å². The number of aliphatic hydroxyl groups is 2. The van der Waals surface area contributed by atoms with E-state index in [2.05, 4.69) is 10.6 Å². The molecule has 3 amide bonds. The van der Waals surface area contributed by atoms with Crippen molar-refractivity contribution >= 4 is 23.7 Å². The van der Waals surface area contributed by atoms with Gasteiger partial charge in [-0.2, -0.15) is 0 Å². The van der Waals surface area contributed by atoms with Crippen molar-refractivity contribution in [3.63, 3.8) is 0 Å². The number of carbonyl (C=O) groups is 4. The summed E-state index contributed by atoms with van der Waals surface area (Å²) in [7, 11) is 0. The molecular weight excluding hydrogens is 436 g/mol. The third kappa shape index (κ3) is 6.88. The van der Waals surface area contributed by atoms with Gasteiger partial charge in [0.25, 0.3) is 0 Å². The summed E-state index contributed by atoms with van der Waals surface area (Å²) >= 11 is 0. The van der Waals surface area contributed by atoms with Gasteiger partial charge in [-0.1, -0.05) is 12.1 Å². The minimum atomic E-state index is -1.51. The summed E-state index contributed by atoms with van der Waals surface area (Å²) in [6, 6.07) is 1.18. The fourth-order valence-corrected chi connectivity index (χ4v) is 3.56. The van der Waals surface area contributed by atoms with Crippen LogP contribution in [0.4, 0.5) is 0 Å². The molecule has 33 heavy (non-hydrogen) atoms. The van der Waals surface area contributed by atoms with Crippen molar-refractivity contribution in [3.8, 4) is 5.75 Å². The van der Waals surface area contributed by atoms with E-state index < -0.39 is 60.6 Å². The zero-order chi connectivity index (χ0) is 24.7. The van der Waals surface area contributed by atoms with E-state index in [4.69, 9.17) is 15.9 Å². The Balaban J connectivity index is 2.06. The van der Waals surface area contributed by atoms with Gasteiger partial charge in [0.05, 0.1) is 18.8 Å². The third-order valence-electron chi connectivity index (χ3n) is 5.41. The van der Waals surface area contributed by atoms with Gasteiger partial charge in [-0.05, 0) is 43.9 Å². The molecule has 12 heteroatoms. The Morgan fingerprint density at radius 2 is 1.82 bits per heavy atom. The number of likely N-dealkylation sites (tertiary alicyclic amines) is 1. The van der Waals surface area contributed by atoms with E-state index in [1.165, 1.54) is 24.0 Å². The fraction of sp³-hybridized carbons (Fsp3) is 0.524. The Morgan fingerprint density at radius 1 is 1.18 bits per heavy atom. The van der Waals surface area contributed by atoms with Crippen LogP contribution in [0, 0.1) is 0 Å². The minimum absolute atomic E-state index is 0.0643. The van der Waals surface area contributed by atoms with E-state index in [0.29, 0.717) is 12.0 Å². The Hall–Kier alpha value is -3.22. The number of aliphatic hydroxyl groups excluding tert-OH is 2. The lowest BCUT2D eigenvalue weighted by Crippen LogP contribution is -2.59. The van der Waals surface area contributed by atoms with Gasteiger partial charge in [0.1, 0.15) is 23.9 Å².